The second-order valence-electron chi connectivity index (χ2n) is 9.93. The van der Waals surface area contributed by atoms with Crippen LogP contribution in [0.25, 0.3) is 0 Å². The number of amides is 1. The number of benzene rings is 1. The number of anilines is 1. The van der Waals surface area contributed by atoms with Gasteiger partial charge in [0.2, 0.25) is 11.9 Å². The van der Waals surface area contributed by atoms with E-state index < -0.39 is 81.9 Å². The zero-order valence-electron chi connectivity index (χ0n) is 23.7. The Morgan fingerprint density at radius 2 is 1.54 bits per heavy atom. The molecule has 0 radical (unpaired) electrons. The van der Waals surface area contributed by atoms with Crippen molar-refractivity contribution in [2.45, 2.75) is 77.3 Å². The fourth-order valence-corrected chi connectivity index (χ4v) is 4.02. The highest BCUT2D eigenvalue weighted by molar-refractivity contribution is 5.89. The lowest BCUT2D eigenvalue weighted by molar-refractivity contribution is -0.385. The maximum atomic E-state index is 13.0. The van der Waals surface area contributed by atoms with Crippen molar-refractivity contribution in [3.05, 3.63) is 33.9 Å². The van der Waals surface area contributed by atoms with Gasteiger partial charge in [-0.3, -0.25) is 29.4 Å². The molecule has 1 aromatic carbocycles. The van der Waals surface area contributed by atoms with Gasteiger partial charge in [-0.15, -0.1) is 0 Å². The van der Waals surface area contributed by atoms with Gasteiger partial charge in [-0.1, -0.05) is 0 Å². The van der Waals surface area contributed by atoms with Crippen molar-refractivity contribution in [1.82, 2.24) is 0 Å². The Morgan fingerprint density at radius 3 is 2.00 bits per heavy atom. The molecule has 1 fully saturated rings. The second-order valence-corrected chi connectivity index (χ2v) is 9.93. The van der Waals surface area contributed by atoms with Crippen LogP contribution in [0.15, 0.2) is 18.2 Å². The lowest BCUT2D eigenvalue weighted by Crippen LogP contribution is -2.67. The summed E-state index contributed by atoms with van der Waals surface area (Å²) in [5.74, 6) is -7.15. The molecule has 5 atom stereocenters. The molecule has 0 aromatic heterocycles. The third kappa shape index (κ3) is 7.67. The maximum Gasteiger partial charge on any atom is 0.414 e. The third-order valence-electron chi connectivity index (χ3n) is 5.55. The van der Waals surface area contributed by atoms with Crippen LogP contribution in [0, 0.1) is 10.1 Å². The van der Waals surface area contributed by atoms with Gasteiger partial charge in [-0.25, -0.2) is 9.59 Å². The van der Waals surface area contributed by atoms with Gasteiger partial charge < -0.3 is 33.5 Å². The molecule has 1 aliphatic rings. The van der Waals surface area contributed by atoms with Crippen LogP contribution in [-0.4, -0.2) is 84.2 Å². The predicted octanol–water partition coefficient (Wildman–Crippen LogP) is 1.48. The van der Waals surface area contributed by atoms with E-state index in [1.165, 1.54) is 7.05 Å². The van der Waals surface area contributed by atoms with E-state index in [4.69, 9.17) is 28.4 Å². The summed E-state index contributed by atoms with van der Waals surface area (Å²) < 4.78 is 31.5. The first-order valence-corrected chi connectivity index (χ1v) is 12.1. The molecule has 0 saturated carbocycles. The van der Waals surface area contributed by atoms with Crippen molar-refractivity contribution in [3.8, 4) is 0 Å². The van der Waals surface area contributed by atoms with E-state index in [9.17, 15) is 39.2 Å². The number of methoxy groups -OCH3 is 1. The molecule has 1 heterocycles. The molecule has 1 amide bonds. The van der Waals surface area contributed by atoms with Crippen molar-refractivity contribution >= 4 is 41.3 Å². The van der Waals surface area contributed by atoms with Gasteiger partial charge in [0.1, 0.15) is 5.60 Å². The molecule has 0 unspecified atom stereocenters. The summed E-state index contributed by atoms with van der Waals surface area (Å²) in [4.78, 5) is 73.6. The highest BCUT2D eigenvalue weighted by Gasteiger charge is 2.63. The number of hydrogen-bond acceptors (Lipinski definition) is 14. The molecule has 1 aromatic rings. The Morgan fingerprint density at radius 1 is 1.00 bits per heavy atom. The molecule has 0 spiro atoms. The SMILES string of the molecule is COC(=O)[C@H]1O[C@](O)(c2ccc([N+](=O)[O-])cc2N(C)C(=O)OC(C)(C)C)[C@H](OC(C)=O)[C@@H](OC(C)=O)[C@@H]1OC(C)=O. The van der Waals surface area contributed by atoms with Gasteiger partial charge >= 0.3 is 30.0 Å². The maximum absolute atomic E-state index is 13.0. The number of non-ortho nitro benzene ring substituents is 1. The fourth-order valence-electron chi connectivity index (χ4n) is 4.02. The van der Waals surface area contributed by atoms with Gasteiger partial charge in [0, 0.05) is 45.5 Å². The van der Waals surface area contributed by atoms with Crippen LogP contribution in [0.5, 0.6) is 0 Å². The third-order valence-corrected chi connectivity index (χ3v) is 5.55. The van der Waals surface area contributed by atoms with E-state index >= 15 is 0 Å². The zero-order valence-corrected chi connectivity index (χ0v) is 23.7. The number of rotatable bonds is 7. The Bertz CT molecular complexity index is 1230. The Hall–Kier alpha value is -4.31. The highest BCUT2D eigenvalue weighted by atomic mass is 16.7. The van der Waals surface area contributed by atoms with E-state index in [-0.39, 0.29) is 5.69 Å². The Balaban J connectivity index is 2.92. The van der Waals surface area contributed by atoms with E-state index in [0.29, 0.717) is 0 Å². The molecule has 2 rings (SSSR count). The molecular weight excluding hydrogens is 552 g/mol. The molecule has 16 nitrogen and oxygen atoms in total. The van der Waals surface area contributed by atoms with Gasteiger partial charge in [-0.2, -0.15) is 0 Å². The molecule has 16 heteroatoms. The van der Waals surface area contributed by atoms with Crippen LogP contribution in [-0.2, 0) is 53.4 Å². The number of ether oxygens (including phenoxy) is 6. The number of nitro benzene ring substituents is 1. The Kier molecular flexibility index (Phi) is 10.0. The number of aliphatic hydroxyl groups is 1. The van der Waals surface area contributed by atoms with Crippen molar-refractivity contribution in [1.29, 1.82) is 0 Å². The highest BCUT2D eigenvalue weighted by Crippen LogP contribution is 2.45. The number of esters is 4. The van der Waals surface area contributed by atoms with Crippen molar-refractivity contribution in [2.24, 2.45) is 0 Å². The molecule has 1 aliphatic heterocycles. The quantitative estimate of drug-likeness (QED) is 0.208. The number of carbonyl (C=O) groups is 5. The van der Waals surface area contributed by atoms with Gasteiger partial charge in [0.15, 0.2) is 18.3 Å². The molecule has 41 heavy (non-hydrogen) atoms. The van der Waals surface area contributed by atoms with E-state index in [2.05, 4.69) is 0 Å². The summed E-state index contributed by atoms with van der Waals surface area (Å²) in [6.07, 6.45) is -8.72. The predicted molar refractivity (Wildman–Crippen MR) is 135 cm³/mol. The summed E-state index contributed by atoms with van der Waals surface area (Å²) in [5, 5.41) is 23.7. The minimum Gasteiger partial charge on any atom is -0.467 e. The van der Waals surface area contributed by atoms with Crippen molar-refractivity contribution < 1.29 is 62.4 Å². The minimum atomic E-state index is -2.97. The summed E-state index contributed by atoms with van der Waals surface area (Å²) >= 11 is 0. The zero-order chi connectivity index (χ0) is 31.4. The normalized spacial score (nSPS) is 23.9. The smallest absolute Gasteiger partial charge is 0.414 e. The van der Waals surface area contributed by atoms with E-state index in [1.54, 1.807) is 20.8 Å². The summed E-state index contributed by atoms with van der Waals surface area (Å²) in [7, 11) is 2.13. The van der Waals surface area contributed by atoms with Gasteiger partial charge in [0.05, 0.1) is 17.7 Å². The molecule has 0 aliphatic carbocycles. The molecule has 1 N–H and O–H groups in total. The largest absolute Gasteiger partial charge is 0.467 e. The Labute approximate surface area is 234 Å². The second kappa shape index (κ2) is 12.5. The number of hydrogen-bond donors (Lipinski definition) is 1. The van der Waals surface area contributed by atoms with Crippen LogP contribution < -0.4 is 4.90 Å². The summed E-state index contributed by atoms with van der Waals surface area (Å²) in [5.41, 5.74) is -2.35. The lowest BCUT2D eigenvalue weighted by atomic mass is 9.86. The van der Waals surface area contributed by atoms with Crippen LogP contribution in [0.2, 0.25) is 0 Å². The molecule has 0 bridgehead atoms. The van der Waals surface area contributed by atoms with Gasteiger partial charge in [-0.05, 0) is 26.8 Å². The van der Waals surface area contributed by atoms with E-state index in [1.807, 2.05) is 0 Å². The first kappa shape index (κ1) is 32.9. The van der Waals surface area contributed by atoms with Crippen LogP contribution in [0.3, 0.4) is 0 Å². The number of nitro groups is 1. The first-order chi connectivity index (χ1) is 18.8. The van der Waals surface area contributed by atoms with Crippen molar-refractivity contribution in [2.75, 3.05) is 19.1 Å². The standard InChI is InChI=1S/C25H32N2O14/c1-12(28)37-18-19(38-13(2)29)21(39-14(3)30)25(33,40-20(18)22(31)36-8)16-10-9-15(27(34)35)11-17(16)26(7)23(32)41-24(4,5)6/h9-11,18-21,33H,1-8H3/t18-,19-,20-,21+,25+/m0/s1. The van der Waals surface area contributed by atoms with Gasteiger partial charge in [0.25, 0.3) is 5.69 Å². The minimum absolute atomic E-state index is 0.371. The summed E-state index contributed by atoms with van der Waals surface area (Å²) in [6.45, 7) is 7.60. The first-order valence-electron chi connectivity index (χ1n) is 12.1. The van der Waals surface area contributed by atoms with Crippen LogP contribution >= 0.6 is 0 Å². The monoisotopic (exact) mass is 584 g/mol. The number of nitrogens with zero attached hydrogens (tertiary/aromatic N) is 2. The summed E-state index contributed by atoms with van der Waals surface area (Å²) in [6, 6.07) is 2.83. The lowest BCUT2D eigenvalue weighted by Gasteiger charge is -2.48. The average molecular weight is 585 g/mol. The molecule has 1 saturated heterocycles. The molecule has 226 valence electrons. The molecular formula is C25H32N2O14. The van der Waals surface area contributed by atoms with Crippen molar-refractivity contribution in [3.63, 3.8) is 0 Å². The van der Waals surface area contributed by atoms with E-state index in [0.717, 1.165) is 51.0 Å². The number of carbonyl (C=O) groups excluding carboxylic acids is 5. The van der Waals surface area contributed by atoms with Crippen LogP contribution in [0.4, 0.5) is 16.2 Å². The topological polar surface area (TPSA) is 207 Å². The van der Waals surface area contributed by atoms with Crippen LogP contribution in [0.1, 0.15) is 47.1 Å². The fraction of sp³-hybridized carbons (Fsp3) is 0.560. The average Bonchev–Trinajstić information content (AvgIpc) is 2.84.